The van der Waals surface area contributed by atoms with Crippen LogP contribution in [0.1, 0.15) is 37.8 Å². The van der Waals surface area contributed by atoms with Gasteiger partial charge in [0.1, 0.15) is 12.1 Å². The van der Waals surface area contributed by atoms with Crippen molar-refractivity contribution in [2.24, 2.45) is 0 Å². The molecule has 0 radical (unpaired) electrons. The number of ether oxygens (including phenoxy) is 3. The van der Waals surface area contributed by atoms with Crippen molar-refractivity contribution < 1.29 is 23.4 Å². The molecule has 1 heterocycles. The van der Waals surface area contributed by atoms with E-state index >= 15 is 0 Å². The summed E-state index contributed by atoms with van der Waals surface area (Å²) >= 11 is 0. The van der Waals surface area contributed by atoms with Crippen molar-refractivity contribution >= 4 is 22.8 Å². The molecule has 2 aromatic carbocycles. The lowest BCUT2D eigenvalue weighted by Gasteiger charge is -2.14. The second-order valence-corrected chi connectivity index (χ2v) is 7.57. The van der Waals surface area contributed by atoms with Gasteiger partial charge in [-0.25, -0.2) is 14.4 Å². The predicted octanol–water partition coefficient (Wildman–Crippen LogP) is 5.28. The lowest BCUT2D eigenvalue weighted by Crippen LogP contribution is -2.02. The molecule has 0 unspecified atom stereocenters. The third-order valence-corrected chi connectivity index (χ3v) is 5.12. The Morgan fingerprint density at radius 1 is 1.16 bits per heavy atom. The van der Waals surface area contributed by atoms with Crippen molar-refractivity contribution in [1.82, 2.24) is 9.97 Å². The van der Waals surface area contributed by atoms with Crippen LogP contribution in [0.4, 0.5) is 4.39 Å². The Morgan fingerprint density at radius 2 is 2.00 bits per heavy atom. The Balaban J connectivity index is 1.64. The average Bonchev–Trinajstić information content (AvgIpc) is 3.14. The van der Waals surface area contributed by atoms with E-state index in [-0.39, 0.29) is 17.4 Å². The highest BCUT2D eigenvalue weighted by Gasteiger charge is 2.20. The lowest BCUT2D eigenvalue weighted by molar-refractivity contribution is -0.117. The molecular weight excluding hydrogens is 399 g/mol. The second kappa shape index (κ2) is 8.71. The number of hydrogen-bond acceptors (Lipinski definition) is 6. The number of rotatable bonds is 8. The summed E-state index contributed by atoms with van der Waals surface area (Å²) in [7, 11) is 1.53. The van der Waals surface area contributed by atoms with E-state index in [0.717, 1.165) is 17.6 Å². The first-order valence-corrected chi connectivity index (χ1v) is 10.1. The first kappa shape index (κ1) is 20.8. The van der Waals surface area contributed by atoms with Crippen LogP contribution in [0.15, 0.2) is 36.2 Å². The monoisotopic (exact) mass is 422 g/mol. The number of methoxy groups -OCH3 is 1. The zero-order valence-electron chi connectivity index (χ0n) is 17.7. The summed E-state index contributed by atoms with van der Waals surface area (Å²) in [6.45, 7) is 3.91. The molecule has 0 atom stereocenters. The molecule has 3 aromatic rings. The maximum absolute atomic E-state index is 15.0. The van der Waals surface area contributed by atoms with Crippen LogP contribution in [0.5, 0.6) is 23.1 Å². The normalized spacial score (nSPS) is 12.5. The summed E-state index contributed by atoms with van der Waals surface area (Å²) in [5.74, 6) is 1.03. The summed E-state index contributed by atoms with van der Waals surface area (Å²) in [6.07, 6.45) is 5.01. The highest BCUT2D eigenvalue weighted by Crippen LogP contribution is 2.38. The number of fused-ring (bicyclic) bond motifs is 2. The molecule has 0 amide bonds. The molecule has 0 saturated heterocycles. The topological polar surface area (TPSA) is 70.5 Å². The van der Waals surface area contributed by atoms with E-state index in [2.05, 4.69) is 9.97 Å². The van der Waals surface area contributed by atoms with E-state index in [1.165, 1.54) is 13.4 Å². The van der Waals surface area contributed by atoms with Gasteiger partial charge < -0.3 is 19.0 Å². The minimum atomic E-state index is -0.404. The van der Waals surface area contributed by atoms with Crippen LogP contribution in [0.2, 0.25) is 0 Å². The lowest BCUT2D eigenvalue weighted by atomic mass is 10.1. The quantitative estimate of drug-likeness (QED) is 0.460. The number of Topliss-reactive ketones (excluding diaryl/α,β-unsaturated/α-hetero) is 1. The van der Waals surface area contributed by atoms with Crippen molar-refractivity contribution in [2.75, 3.05) is 13.7 Å². The number of nitrogens with zero attached hydrogens (tertiary/aromatic N) is 2. The fourth-order valence-corrected chi connectivity index (χ4v) is 3.60. The maximum Gasteiger partial charge on any atom is 0.230 e. The van der Waals surface area contributed by atoms with Crippen molar-refractivity contribution in [2.45, 2.75) is 33.1 Å². The minimum absolute atomic E-state index is 0.105. The molecular formula is C24H23FN2O4. The van der Waals surface area contributed by atoms with Crippen LogP contribution in [0, 0.1) is 5.82 Å². The van der Waals surface area contributed by atoms with E-state index in [4.69, 9.17) is 14.2 Å². The van der Waals surface area contributed by atoms with Gasteiger partial charge in [-0.1, -0.05) is 17.7 Å². The molecule has 31 heavy (non-hydrogen) atoms. The highest BCUT2D eigenvalue weighted by molar-refractivity contribution is 5.87. The molecule has 6 nitrogen and oxygen atoms in total. The van der Waals surface area contributed by atoms with Gasteiger partial charge in [0.2, 0.25) is 5.88 Å². The van der Waals surface area contributed by atoms with E-state index in [1.54, 1.807) is 25.1 Å². The van der Waals surface area contributed by atoms with Gasteiger partial charge in [-0.2, -0.15) is 0 Å². The van der Waals surface area contributed by atoms with Crippen LogP contribution >= 0.6 is 0 Å². The predicted molar refractivity (Wildman–Crippen MR) is 115 cm³/mol. The van der Waals surface area contributed by atoms with Crippen molar-refractivity contribution in [3.8, 4) is 23.1 Å². The molecule has 0 aliphatic heterocycles. The molecule has 0 spiro atoms. The molecule has 0 N–H and O–H groups in total. The fraction of sp³-hybridized carbons (Fsp3) is 0.292. The van der Waals surface area contributed by atoms with Crippen LogP contribution in [-0.2, 0) is 11.2 Å². The van der Waals surface area contributed by atoms with Crippen molar-refractivity contribution in [3.05, 3.63) is 53.1 Å². The molecule has 1 aromatic heterocycles. The number of benzene rings is 2. The number of aromatic nitrogens is 2. The summed E-state index contributed by atoms with van der Waals surface area (Å²) in [4.78, 5) is 19.6. The third-order valence-electron chi connectivity index (χ3n) is 5.12. The molecule has 0 saturated carbocycles. The van der Waals surface area contributed by atoms with Crippen LogP contribution < -0.4 is 14.2 Å². The van der Waals surface area contributed by atoms with Crippen LogP contribution in [0.3, 0.4) is 0 Å². The second-order valence-electron chi connectivity index (χ2n) is 7.57. The zero-order chi connectivity index (χ0) is 22.0. The van der Waals surface area contributed by atoms with E-state index < -0.39 is 5.82 Å². The maximum atomic E-state index is 15.0. The minimum Gasteiger partial charge on any atom is -0.493 e. The summed E-state index contributed by atoms with van der Waals surface area (Å²) in [6, 6.07) is 6.93. The van der Waals surface area contributed by atoms with Gasteiger partial charge in [0.05, 0.1) is 24.6 Å². The molecule has 1 aliphatic rings. The van der Waals surface area contributed by atoms with Crippen molar-refractivity contribution in [1.29, 1.82) is 0 Å². The Morgan fingerprint density at radius 3 is 2.77 bits per heavy atom. The molecule has 4 rings (SSSR count). The largest absolute Gasteiger partial charge is 0.493 e. The summed E-state index contributed by atoms with van der Waals surface area (Å²) < 4.78 is 32.1. The molecule has 0 fully saturated rings. The summed E-state index contributed by atoms with van der Waals surface area (Å²) in [5, 5.41) is 0.571. The number of carbonyl (C=O) groups is 1. The number of carbonyl (C=O) groups excluding carboxylic acids is 1. The van der Waals surface area contributed by atoms with Crippen molar-refractivity contribution in [3.63, 3.8) is 0 Å². The fourth-order valence-electron chi connectivity index (χ4n) is 3.60. The first-order chi connectivity index (χ1) is 15.0. The van der Waals surface area contributed by atoms with E-state index in [9.17, 15) is 9.18 Å². The Hall–Kier alpha value is -3.48. The van der Waals surface area contributed by atoms with Gasteiger partial charge in [0, 0.05) is 18.1 Å². The first-order valence-electron chi connectivity index (χ1n) is 10.1. The van der Waals surface area contributed by atoms with Crippen LogP contribution in [0.25, 0.3) is 17.0 Å². The van der Waals surface area contributed by atoms with Gasteiger partial charge in [0.15, 0.2) is 23.1 Å². The average molecular weight is 422 g/mol. The van der Waals surface area contributed by atoms with E-state index in [0.29, 0.717) is 47.4 Å². The molecule has 0 bridgehead atoms. The number of ketones is 1. The SMILES string of the molecule is COc1cc2c(Oc3ccc4c(c3F)C=C(C)C4)ncnc2cc1OCCCC(C)=O. The smallest absolute Gasteiger partial charge is 0.230 e. The van der Waals surface area contributed by atoms with Gasteiger partial charge in [0.25, 0.3) is 0 Å². The number of allylic oxidation sites excluding steroid dienone is 1. The number of hydrogen-bond donors (Lipinski definition) is 0. The number of halogens is 1. The summed E-state index contributed by atoms with van der Waals surface area (Å²) in [5.41, 5.74) is 3.19. The van der Waals surface area contributed by atoms with Gasteiger partial charge in [-0.15, -0.1) is 0 Å². The molecule has 160 valence electrons. The van der Waals surface area contributed by atoms with Gasteiger partial charge >= 0.3 is 0 Å². The highest BCUT2D eigenvalue weighted by atomic mass is 19.1. The molecule has 7 heteroatoms. The van der Waals surface area contributed by atoms with Gasteiger partial charge in [-0.3, -0.25) is 0 Å². The van der Waals surface area contributed by atoms with Gasteiger partial charge in [-0.05, 0) is 44.4 Å². The standard InChI is InChI=1S/C24H23FN2O4/c1-14-9-16-6-7-20(23(25)17(16)10-14)31-24-18-11-21(29-3)22(12-19(18)26-13-27-24)30-8-4-5-15(2)28/h6-7,10-13H,4-5,8-9H2,1-3H3. The third kappa shape index (κ3) is 4.35. The Bertz CT molecular complexity index is 1190. The molecule has 1 aliphatic carbocycles. The van der Waals surface area contributed by atoms with E-state index in [1.807, 2.05) is 19.1 Å². The zero-order valence-corrected chi connectivity index (χ0v) is 17.7. The van der Waals surface area contributed by atoms with Crippen LogP contribution in [-0.4, -0.2) is 29.5 Å². The Labute approximate surface area is 179 Å². The Kier molecular flexibility index (Phi) is 5.84.